The molecule has 0 aliphatic rings. The van der Waals surface area contributed by atoms with Gasteiger partial charge in [0.2, 0.25) is 0 Å². The van der Waals surface area contributed by atoms with E-state index in [1.165, 1.54) is 0 Å². The predicted octanol–water partition coefficient (Wildman–Crippen LogP) is 2.39. The van der Waals surface area contributed by atoms with Gasteiger partial charge in [0.1, 0.15) is 0 Å². The van der Waals surface area contributed by atoms with Crippen LogP contribution < -0.4 is 14.2 Å². The van der Waals surface area contributed by atoms with Gasteiger partial charge in [0.15, 0.2) is 0 Å². The first-order valence-electron chi connectivity index (χ1n) is 6.23. The molecular weight excluding hydrogens is 248 g/mol. The summed E-state index contributed by atoms with van der Waals surface area (Å²) in [6.07, 6.45) is 2.21. The van der Waals surface area contributed by atoms with Crippen molar-refractivity contribution >= 4 is 11.0 Å². The third-order valence-corrected chi connectivity index (χ3v) is 2.20. The molecule has 0 saturated carbocycles. The highest BCUT2D eigenvalue weighted by molar-refractivity contribution is 5.75. The highest BCUT2D eigenvalue weighted by Gasteiger charge is 2.15. The molecule has 1 aromatic heterocycles. The molecule has 1 atom stereocenters. The van der Waals surface area contributed by atoms with Crippen molar-refractivity contribution in [2.75, 3.05) is 13.2 Å². The second-order valence-electron chi connectivity index (χ2n) is 3.76. The van der Waals surface area contributed by atoms with Gasteiger partial charge < -0.3 is 14.2 Å². The van der Waals surface area contributed by atoms with E-state index in [4.69, 9.17) is 14.2 Å². The SMILES string of the molecule is CCCC(C)Oc1nc(OCC)c(OCC)[nH]1.[Si]. The first-order chi connectivity index (χ1) is 8.21. The lowest BCUT2D eigenvalue weighted by Gasteiger charge is -2.09. The van der Waals surface area contributed by atoms with Crippen LogP contribution in [0, 0.1) is 0 Å². The summed E-state index contributed by atoms with van der Waals surface area (Å²) in [7, 11) is 0. The van der Waals surface area contributed by atoms with Crippen LogP contribution in [0.4, 0.5) is 0 Å². The minimum Gasteiger partial charge on any atom is -0.475 e. The fourth-order valence-electron chi connectivity index (χ4n) is 1.51. The highest BCUT2D eigenvalue weighted by Crippen LogP contribution is 2.27. The summed E-state index contributed by atoms with van der Waals surface area (Å²) in [4.78, 5) is 7.19. The molecule has 18 heavy (non-hydrogen) atoms. The fraction of sp³-hybridized carbons (Fsp3) is 0.750. The summed E-state index contributed by atoms with van der Waals surface area (Å²) in [6, 6.07) is 0.456. The minimum atomic E-state index is 0. The molecule has 0 aliphatic carbocycles. The first-order valence-corrected chi connectivity index (χ1v) is 6.23. The van der Waals surface area contributed by atoms with Crippen molar-refractivity contribution in [3.63, 3.8) is 0 Å². The number of hydrogen-bond acceptors (Lipinski definition) is 4. The smallest absolute Gasteiger partial charge is 0.300 e. The predicted molar refractivity (Wildman–Crippen MR) is 71.7 cm³/mol. The Labute approximate surface area is 113 Å². The molecule has 0 saturated heterocycles. The first kappa shape index (κ1) is 16.8. The number of nitrogens with zero attached hydrogens (tertiary/aromatic N) is 1. The Hall–Kier alpha value is -1.17. The van der Waals surface area contributed by atoms with Gasteiger partial charge in [0.05, 0.1) is 19.3 Å². The molecule has 1 aromatic rings. The maximum absolute atomic E-state index is 5.64. The largest absolute Gasteiger partial charge is 0.475 e. The van der Waals surface area contributed by atoms with Crippen LogP contribution in [0.2, 0.25) is 0 Å². The zero-order valence-corrected chi connectivity index (χ0v) is 12.6. The molecule has 5 nitrogen and oxygen atoms in total. The summed E-state index contributed by atoms with van der Waals surface area (Å²) >= 11 is 0. The molecular formula is C12H22N2O3Si. The van der Waals surface area contributed by atoms with Crippen LogP contribution in [-0.4, -0.2) is 40.3 Å². The van der Waals surface area contributed by atoms with Gasteiger partial charge in [-0.25, -0.2) is 0 Å². The Morgan fingerprint density at radius 3 is 2.39 bits per heavy atom. The molecule has 1 unspecified atom stereocenters. The molecule has 1 rings (SSSR count). The van der Waals surface area contributed by atoms with Gasteiger partial charge in [-0.3, -0.25) is 4.98 Å². The van der Waals surface area contributed by atoms with Crippen LogP contribution >= 0.6 is 0 Å². The topological polar surface area (TPSA) is 56.4 Å². The lowest BCUT2D eigenvalue weighted by atomic mass is 10.2. The van der Waals surface area contributed by atoms with Crippen molar-refractivity contribution in [2.24, 2.45) is 0 Å². The van der Waals surface area contributed by atoms with Crippen LogP contribution in [0.15, 0.2) is 0 Å². The van der Waals surface area contributed by atoms with E-state index < -0.39 is 0 Å². The maximum atomic E-state index is 5.64. The molecule has 0 fully saturated rings. The molecule has 0 spiro atoms. The third kappa shape index (κ3) is 4.99. The van der Waals surface area contributed by atoms with Crippen LogP contribution in [0.1, 0.15) is 40.5 Å². The van der Waals surface area contributed by atoms with Crippen LogP contribution in [0.3, 0.4) is 0 Å². The van der Waals surface area contributed by atoms with Gasteiger partial charge in [-0.05, 0) is 27.2 Å². The second kappa shape index (κ2) is 8.85. The summed E-state index contributed by atoms with van der Waals surface area (Å²) in [5.41, 5.74) is 0. The summed E-state index contributed by atoms with van der Waals surface area (Å²) in [6.45, 7) is 9.08. The van der Waals surface area contributed by atoms with Gasteiger partial charge in [-0.1, -0.05) is 13.3 Å². The monoisotopic (exact) mass is 270 g/mol. The molecule has 1 heterocycles. The number of ether oxygens (including phenoxy) is 3. The summed E-state index contributed by atoms with van der Waals surface area (Å²) < 4.78 is 16.4. The number of rotatable bonds is 8. The van der Waals surface area contributed by atoms with E-state index in [0.29, 0.717) is 31.0 Å². The lowest BCUT2D eigenvalue weighted by Crippen LogP contribution is -2.11. The molecule has 6 heteroatoms. The molecule has 0 amide bonds. The molecule has 4 radical (unpaired) electrons. The van der Waals surface area contributed by atoms with E-state index in [9.17, 15) is 0 Å². The lowest BCUT2D eigenvalue weighted by molar-refractivity contribution is 0.192. The van der Waals surface area contributed by atoms with E-state index in [2.05, 4.69) is 16.9 Å². The van der Waals surface area contributed by atoms with E-state index >= 15 is 0 Å². The van der Waals surface area contributed by atoms with Crippen molar-refractivity contribution < 1.29 is 14.2 Å². The molecule has 102 valence electrons. The molecule has 0 aromatic carbocycles. The highest BCUT2D eigenvalue weighted by atomic mass is 28.1. The van der Waals surface area contributed by atoms with Crippen molar-refractivity contribution in [2.45, 2.75) is 46.6 Å². The van der Waals surface area contributed by atoms with Crippen LogP contribution in [-0.2, 0) is 0 Å². The van der Waals surface area contributed by atoms with Crippen molar-refractivity contribution in [3.05, 3.63) is 0 Å². The van der Waals surface area contributed by atoms with E-state index in [1.54, 1.807) is 0 Å². The summed E-state index contributed by atoms with van der Waals surface area (Å²) in [5, 5.41) is 0. The zero-order chi connectivity index (χ0) is 12.7. The Morgan fingerprint density at radius 2 is 1.83 bits per heavy atom. The molecule has 0 bridgehead atoms. The second-order valence-corrected chi connectivity index (χ2v) is 3.76. The molecule has 0 aliphatic heterocycles. The average Bonchev–Trinajstić information content (AvgIpc) is 2.62. The average molecular weight is 270 g/mol. The van der Waals surface area contributed by atoms with Gasteiger partial charge in [-0.2, -0.15) is 4.98 Å². The van der Waals surface area contributed by atoms with Gasteiger partial charge in [0, 0.05) is 11.0 Å². The molecule has 1 N–H and O–H groups in total. The normalized spacial score (nSPS) is 11.6. The number of H-pyrrole nitrogens is 1. The standard InChI is InChI=1S/C12H22N2O3.Si/c1-5-8-9(4)17-12-13-10(15-6-2)11(14-12)16-7-3;/h9H,5-8H2,1-4H3,(H,13,14);. The Balaban J connectivity index is 0.00000289. The number of aromatic nitrogens is 2. The van der Waals surface area contributed by atoms with E-state index in [0.717, 1.165) is 12.8 Å². The Bertz CT molecular complexity index is 308. The summed E-state index contributed by atoms with van der Waals surface area (Å²) in [5.74, 6) is 1.00. The third-order valence-electron chi connectivity index (χ3n) is 2.20. The number of imidazole rings is 1. The van der Waals surface area contributed by atoms with Crippen LogP contribution in [0.5, 0.6) is 17.8 Å². The van der Waals surface area contributed by atoms with E-state index in [1.807, 2.05) is 20.8 Å². The maximum Gasteiger partial charge on any atom is 0.300 e. The van der Waals surface area contributed by atoms with Crippen LogP contribution in [0.25, 0.3) is 0 Å². The van der Waals surface area contributed by atoms with Gasteiger partial charge in [-0.15, -0.1) is 0 Å². The van der Waals surface area contributed by atoms with Crippen molar-refractivity contribution in [3.8, 4) is 17.8 Å². The van der Waals surface area contributed by atoms with Crippen molar-refractivity contribution in [1.29, 1.82) is 0 Å². The zero-order valence-electron chi connectivity index (χ0n) is 11.6. The van der Waals surface area contributed by atoms with Gasteiger partial charge >= 0.3 is 0 Å². The minimum absolute atomic E-state index is 0. The fourth-order valence-corrected chi connectivity index (χ4v) is 1.51. The Morgan fingerprint density at radius 1 is 1.17 bits per heavy atom. The van der Waals surface area contributed by atoms with E-state index in [-0.39, 0.29) is 17.1 Å². The number of aromatic amines is 1. The quantitative estimate of drug-likeness (QED) is 0.737. The van der Waals surface area contributed by atoms with Crippen molar-refractivity contribution in [1.82, 2.24) is 9.97 Å². The van der Waals surface area contributed by atoms with Gasteiger partial charge in [0.25, 0.3) is 17.8 Å². The number of hydrogen-bond donors (Lipinski definition) is 1. The Kier molecular flexibility index (Phi) is 8.27. The number of nitrogens with one attached hydrogen (secondary N) is 1.